The van der Waals surface area contributed by atoms with Crippen LogP contribution in [0.4, 0.5) is 5.95 Å². The monoisotopic (exact) mass is 192 g/mol. The lowest BCUT2D eigenvalue weighted by Crippen LogP contribution is -2.20. The lowest BCUT2D eigenvalue weighted by atomic mass is 10.4. The van der Waals surface area contributed by atoms with E-state index in [2.05, 4.69) is 16.0 Å². The molecule has 14 heavy (non-hydrogen) atoms. The predicted octanol–water partition coefficient (Wildman–Crippen LogP) is 0.319. The molecule has 0 radical (unpaired) electrons. The zero-order valence-electron chi connectivity index (χ0n) is 8.01. The fraction of sp³-hybridized carbons (Fsp3) is 0.444. The minimum Gasteiger partial charge on any atom is -0.392 e. The van der Waals surface area contributed by atoms with Gasteiger partial charge in [-0.2, -0.15) is 5.26 Å². The van der Waals surface area contributed by atoms with Gasteiger partial charge >= 0.3 is 0 Å². The summed E-state index contributed by atoms with van der Waals surface area (Å²) in [5.41, 5.74) is 0.683. The Morgan fingerprint density at radius 2 is 2.14 bits per heavy atom. The quantitative estimate of drug-likeness (QED) is 0.743. The van der Waals surface area contributed by atoms with Gasteiger partial charge in [-0.15, -0.1) is 0 Å². The standard InChI is InChI=1S/C9H12N4O/c1-13(4-2-3-10)9-11-5-8(7-14)6-12-9/h5-6,14H,2,4,7H2,1H3. The Hall–Kier alpha value is -1.67. The number of aliphatic hydroxyl groups excluding tert-OH is 1. The van der Waals surface area contributed by atoms with Gasteiger partial charge in [0.25, 0.3) is 0 Å². The Balaban J connectivity index is 2.62. The average Bonchev–Trinajstić information content (AvgIpc) is 2.26. The molecule has 0 aliphatic rings. The number of rotatable bonds is 4. The van der Waals surface area contributed by atoms with Crippen LogP contribution < -0.4 is 4.90 Å². The van der Waals surface area contributed by atoms with Gasteiger partial charge in [-0.25, -0.2) is 9.97 Å². The van der Waals surface area contributed by atoms with E-state index in [1.165, 1.54) is 0 Å². The van der Waals surface area contributed by atoms with E-state index in [4.69, 9.17) is 10.4 Å². The Bertz CT molecular complexity index is 317. The molecule has 1 rings (SSSR count). The van der Waals surface area contributed by atoms with E-state index in [1.807, 2.05) is 7.05 Å². The highest BCUT2D eigenvalue weighted by atomic mass is 16.3. The van der Waals surface area contributed by atoms with Gasteiger partial charge in [0.2, 0.25) is 5.95 Å². The molecule has 0 atom stereocenters. The van der Waals surface area contributed by atoms with Crippen molar-refractivity contribution in [1.82, 2.24) is 9.97 Å². The van der Waals surface area contributed by atoms with Crippen molar-refractivity contribution in [3.8, 4) is 6.07 Å². The second-order valence-electron chi connectivity index (χ2n) is 2.88. The third-order valence-electron chi connectivity index (χ3n) is 1.77. The van der Waals surface area contributed by atoms with Gasteiger partial charge in [-0.1, -0.05) is 0 Å². The first-order valence-electron chi connectivity index (χ1n) is 4.27. The first kappa shape index (κ1) is 10.4. The molecule has 5 nitrogen and oxygen atoms in total. The van der Waals surface area contributed by atoms with Gasteiger partial charge in [0.15, 0.2) is 0 Å². The van der Waals surface area contributed by atoms with Crippen LogP contribution in [-0.2, 0) is 6.61 Å². The molecule has 0 fully saturated rings. The SMILES string of the molecule is CN(CCC#N)c1ncc(CO)cn1. The highest BCUT2D eigenvalue weighted by Gasteiger charge is 2.02. The van der Waals surface area contributed by atoms with Gasteiger partial charge in [0, 0.05) is 31.5 Å². The fourth-order valence-electron chi connectivity index (χ4n) is 0.944. The minimum absolute atomic E-state index is 0.0534. The molecule has 74 valence electrons. The second-order valence-corrected chi connectivity index (χ2v) is 2.88. The van der Waals surface area contributed by atoms with Crippen molar-refractivity contribution in [2.75, 3.05) is 18.5 Å². The molecule has 0 saturated heterocycles. The summed E-state index contributed by atoms with van der Waals surface area (Å²) in [6.07, 6.45) is 3.60. The van der Waals surface area contributed by atoms with Crippen LogP contribution in [0.15, 0.2) is 12.4 Å². The molecule has 0 amide bonds. The molecular formula is C9H12N4O. The normalized spacial score (nSPS) is 9.50. The number of nitriles is 1. The van der Waals surface area contributed by atoms with Crippen molar-refractivity contribution in [1.29, 1.82) is 5.26 Å². The molecule has 5 heteroatoms. The highest BCUT2D eigenvalue weighted by molar-refractivity contribution is 5.28. The van der Waals surface area contributed by atoms with Crippen LogP contribution in [0.25, 0.3) is 0 Å². The summed E-state index contributed by atoms with van der Waals surface area (Å²) in [5, 5.41) is 17.2. The number of nitrogens with zero attached hydrogens (tertiary/aromatic N) is 4. The van der Waals surface area contributed by atoms with Crippen LogP contribution in [-0.4, -0.2) is 28.7 Å². The van der Waals surface area contributed by atoms with Crippen molar-refractivity contribution < 1.29 is 5.11 Å². The molecule has 0 aromatic carbocycles. The first-order chi connectivity index (χ1) is 6.77. The lowest BCUT2D eigenvalue weighted by Gasteiger charge is -2.14. The van der Waals surface area contributed by atoms with Gasteiger partial charge in [0.1, 0.15) is 0 Å². The maximum atomic E-state index is 8.77. The van der Waals surface area contributed by atoms with Crippen molar-refractivity contribution in [2.24, 2.45) is 0 Å². The number of aliphatic hydroxyl groups is 1. The lowest BCUT2D eigenvalue weighted by molar-refractivity contribution is 0.281. The average molecular weight is 192 g/mol. The summed E-state index contributed by atoms with van der Waals surface area (Å²) >= 11 is 0. The number of aromatic nitrogens is 2. The van der Waals surface area contributed by atoms with Gasteiger partial charge in [0.05, 0.1) is 19.1 Å². The van der Waals surface area contributed by atoms with E-state index < -0.39 is 0 Å². The Labute approximate surface area is 82.6 Å². The summed E-state index contributed by atoms with van der Waals surface area (Å²) in [6, 6.07) is 2.05. The van der Waals surface area contributed by atoms with E-state index in [1.54, 1.807) is 17.3 Å². The topological polar surface area (TPSA) is 73.0 Å². The maximum absolute atomic E-state index is 8.77. The van der Waals surface area contributed by atoms with E-state index >= 15 is 0 Å². The zero-order chi connectivity index (χ0) is 10.4. The minimum atomic E-state index is -0.0534. The Kier molecular flexibility index (Phi) is 3.83. The number of hydrogen-bond donors (Lipinski definition) is 1. The third-order valence-corrected chi connectivity index (χ3v) is 1.77. The molecule has 1 N–H and O–H groups in total. The van der Waals surface area contributed by atoms with Crippen molar-refractivity contribution in [3.63, 3.8) is 0 Å². The number of hydrogen-bond acceptors (Lipinski definition) is 5. The summed E-state index contributed by atoms with van der Waals surface area (Å²) in [6.45, 7) is 0.553. The van der Waals surface area contributed by atoms with Crippen LogP contribution in [0.5, 0.6) is 0 Å². The molecule has 1 aromatic rings. The van der Waals surface area contributed by atoms with E-state index in [0.717, 1.165) is 0 Å². The molecule has 0 spiro atoms. The van der Waals surface area contributed by atoms with E-state index in [9.17, 15) is 0 Å². The number of anilines is 1. The molecule has 1 aromatic heterocycles. The molecule has 0 bridgehead atoms. The second kappa shape index (κ2) is 5.14. The summed E-state index contributed by atoms with van der Waals surface area (Å²) in [7, 11) is 1.82. The van der Waals surface area contributed by atoms with Crippen LogP contribution in [0.3, 0.4) is 0 Å². The van der Waals surface area contributed by atoms with Crippen LogP contribution in [0, 0.1) is 11.3 Å². The summed E-state index contributed by atoms with van der Waals surface area (Å²) in [5.74, 6) is 0.567. The Morgan fingerprint density at radius 3 is 2.64 bits per heavy atom. The van der Waals surface area contributed by atoms with E-state index in [0.29, 0.717) is 24.5 Å². The van der Waals surface area contributed by atoms with Gasteiger partial charge < -0.3 is 10.0 Å². The van der Waals surface area contributed by atoms with Crippen LogP contribution >= 0.6 is 0 Å². The predicted molar refractivity (Wildman–Crippen MR) is 51.5 cm³/mol. The van der Waals surface area contributed by atoms with Crippen molar-refractivity contribution in [2.45, 2.75) is 13.0 Å². The summed E-state index contributed by atoms with van der Waals surface area (Å²) in [4.78, 5) is 9.89. The van der Waals surface area contributed by atoms with Gasteiger partial charge in [-0.3, -0.25) is 0 Å². The molecular weight excluding hydrogens is 180 g/mol. The molecule has 0 saturated carbocycles. The smallest absolute Gasteiger partial charge is 0.225 e. The van der Waals surface area contributed by atoms with E-state index in [-0.39, 0.29) is 6.61 Å². The van der Waals surface area contributed by atoms with Crippen molar-refractivity contribution in [3.05, 3.63) is 18.0 Å². The Morgan fingerprint density at radius 1 is 1.50 bits per heavy atom. The fourth-order valence-corrected chi connectivity index (χ4v) is 0.944. The maximum Gasteiger partial charge on any atom is 0.225 e. The van der Waals surface area contributed by atoms with Crippen LogP contribution in [0.1, 0.15) is 12.0 Å². The molecule has 0 aliphatic carbocycles. The molecule has 0 aliphatic heterocycles. The largest absolute Gasteiger partial charge is 0.392 e. The third kappa shape index (κ3) is 2.68. The molecule has 1 heterocycles. The van der Waals surface area contributed by atoms with Crippen molar-refractivity contribution >= 4 is 5.95 Å². The van der Waals surface area contributed by atoms with Crippen LogP contribution in [0.2, 0.25) is 0 Å². The zero-order valence-corrected chi connectivity index (χ0v) is 8.01. The first-order valence-corrected chi connectivity index (χ1v) is 4.27. The highest BCUT2D eigenvalue weighted by Crippen LogP contribution is 2.04. The molecule has 0 unspecified atom stereocenters. The summed E-state index contributed by atoms with van der Waals surface area (Å²) < 4.78 is 0. The van der Waals surface area contributed by atoms with Gasteiger partial charge in [-0.05, 0) is 0 Å².